The van der Waals surface area contributed by atoms with Crippen LogP contribution in [0.1, 0.15) is 25.0 Å². The molecule has 7 nitrogen and oxygen atoms in total. The third-order valence-corrected chi connectivity index (χ3v) is 6.94. The van der Waals surface area contributed by atoms with E-state index in [-0.39, 0.29) is 17.3 Å². The fraction of sp³-hybridized carbons (Fsp3) is 0.364. The van der Waals surface area contributed by atoms with Crippen LogP contribution in [0.15, 0.2) is 53.4 Å². The molecule has 2 rings (SSSR count). The van der Waals surface area contributed by atoms with Crippen molar-refractivity contribution in [3.05, 3.63) is 64.7 Å². The Morgan fingerprint density at radius 3 is 2.19 bits per heavy atom. The van der Waals surface area contributed by atoms with Crippen LogP contribution in [-0.4, -0.2) is 55.6 Å². The summed E-state index contributed by atoms with van der Waals surface area (Å²) in [5.74, 6) is -0.773. The van der Waals surface area contributed by atoms with E-state index in [0.29, 0.717) is 11.6 Å². The van der Waals surface area contributed by atoms with Crippen molar-refractivity contribution in [1.29, 1.82) is 0 Å². The van der Waals surface area contributed by atoms with Crippen LogP contribution in [0.4, 0.5) is 0 Å². The molecule has 0 heterocycles. The van der Waals surface area contributed by atoms with Crippen LogP contribution < -0.4 is 5.32 Å². The van der Waals surface area contributed by atoms with E-state index in [2.05, 4.69) is 5.32 Å². The van der Waals surface area contributed by atoms with E-state index in [1.54, 1.807) is 13.8 Å². The largest absolute Gasteiger partial charge is 0.355 e. The highest BCUT2D eigenvalue weighted by molar-refractivity contribution is 7.89. The summed E-state index contributed by atoms with van der Waals surface area (Å²) >= 11 is 5.84. The molecule has 2 aromatic carbocycles. The molecule has 0 aliphatic rings. The summed E-state index contributed by atoms with van der Waals surface area (Å²) in [5, 5.41) is 3.13. The van der Waals surface area contributed by atoms with E-state index in [4.69, 9.17) is 11.6 Å². The zero-order valence-corrected chi connectivity index (χ0v) is 19.7. The molecule has 0 fully saturated rings. The zero-order valence-electron chi connectivity index (χ0n) is 18.1. The monoisotopic (exact) mass is 465 g/mol. The Hall–Kier alpha value is -2.42. The van der Waals surface area contributed by atoms with Crippen molar-refractivity contribution >= 4 is 33.4 Å². The molecule has 1 unspecified atom stereocenters. The summed E-state index contributed by atoms with van der Waals surface area (Å²) in [6, 6.07) is 12.6. The first kappa shape index (κ1) is 24.8. The maximum absolute atomic E-state index is 13.1. The highest BCUT2D eigenvalue weighted by atomic mass is 35.5. The number of halogens is 1. The second kappa shape index (κ2) is 10.7. The summed E-state index contributed by atoms with van der Waals surface area (Å²) in [6.45, 7) is 5.60. The molecule has 0 aliphatic carbocycles. The first-order valence-corrected chi connectivity index (χ1v) is 11.7. The number of aryl methyl sites for hydroxylation is 1. The Labute approximate surface area is 189 Å². The molecule has 168 valence electrons. The number of amides is 2. The zero-order chi connectivity index (χ0) is 23.2. The lowest BCUT2D eigenvalue weighted by Crippen LogP contribution is -2.50. The Balaban J connectivity index is 2.25. The topological polar surface area (TPSA) is 86.8 Å². The van der Waals surface area contributed by atoms with Crippen LogP contribution in [0.25, 0.3) is 0 Å². The van der Waals surface area contributed by atoms with Gasteiger partial charge in [0.2, 0.25) is 21.8 Å². The van der Waals surface area contributed by atoms with Gasteiger partial charge in [-0.1, -0.05) is 41.4 Å². The quantitative estimate of drug-likeness (QED) is 0.617. The molecular weight excluding hydrogens is 438 g/mol. The van der Waals surface area contributed by atoms with Gasteiger partial charge in [-0.25, -0.2) is 8.42 Å². The van der Waals surface area contributed by atoms with Gasteiger partial charge in [0.05, 0.1) is 11.4 Å². The SMILES string of the molecule is CCNC(=O)C(C)N(Cc1ccc(C)cc1)C(=O)CN(C)S(=O)(=O)c1ccc(Cl)cc1. The highest BCUT2D eigenvalue weighted by Crippen LogP contribution is 2.18. The van der Waals surface area contributed by atoms with Gasteiger partial charge in [-0.3, -0.25) is 9.59 Å². The van der Waals surface area contributed by atoms with E-state index in [0.717, 1.165) is 15.4 Å². The summed E-state index contributed by atoms with van der Waals surface area (Å²) < 4.78 is 26.7. The first-order valence-electron chi connectivity index (χ1n) is 9.91. The fourth-order valence-electron chi connectivity index (χ4n) is 2.95. The van der Waals surface area contributed by atoms with Crippen LogP contribution >= 0.6 is 11.6 Å². The lowest BCUT2D eigenvalue weighted by Gasteiger charge is -2.30. The molecule has 0 radical (unpaired) electrons. The van der Waals surface area contributed by atoms with E-state index >= 15 is 0 Å². The number of benzene rings is 2. The van der Waals surface area contributed by atoms with Gasteiger partial charge in [-0.05, 0) is 50.6 Å². The van der Waals surface area contributed by atoms with Crippen molar-refractivity contribution in [2.75, 3.05) is 20.1 Å². The number of hydrogen-bond acceptors (Lipinski definition) is 4. The van der Waals surface area contributed by atoms with Crippen LogP contribution in [0.2, 0.25) is 5.02 Å². The number of hydrogen-bond donors (Lipinski definition) is 1. The maximum atomic E-state index is 13.1. The van der Waals surface area contributed by atoms with Crippen molar-refractivity contribution in [3.8, 4) is 0 Å². The predicted octanol–water partition coefficient (Wildman–Crippen LogP) is 2.82. The smallest absolute Gasteiger partial charge is 0.243 e. The number of sulfonamides is 1. The fourth-order valence-corrected chi connectivity index (χ4v) is 4.19. The van der Waals surface area contributed by atoms with Crippen LogP contribution in [0.3, 0.4) is 0 Å². The molecule has 0 bridgehead atoms. The van der Waals surface area contributed by atoms with Crippen LogP contribution in [0.5, 0.6) is 0 Å². The minimum atomic E-state index is -3.89. The number of carbonyl (C=O) groups is 2. The lowest BCUT2D eigenvalue weighted by molar-refractivity contribution is -0.140. The molecule has 31 heavy (non-hydrogen) atoms. The first-order chi connectivity index (χ1) is 14.6. The molecule has 9 heteroatoms. The standard InChI is InChI=1S/C22H28ClN3O4S/c1-5-24-22(28)17(3)26(14-18-8-6-16(2)7-9-18)21(27)15-25(4)31(29,30)20-12-10-19(23)11-13-20/h6-13,17H,5,14-15H2,1-4H3,(H,24,28). The average Bonchev–Trinajstić information content (AvgIpc) is 2.73. The summed E-state index contributed by atoms with van der Waals surface area (Å²) in [5.41, 5.74) is 1.92. The number of nitrogens with one attached hydrogen (secondary N) is 1. The Bertz CT molecular complexity index is 1010. The van der Waals surface area contributed by atoms with Crippen molar-refractivity contribution in [1.82, 2.24) is 14.5 Å². The Kier molecular flexibility index (Phi) is 8.61. The number of rotatable bonds is 9. The normalized spacial score (nSPS) is 12.5. The van der Waals surface area contributed by atoms with Crippen molar-refractivity contribution < 1.29 is 18.0 Å². The summed E-state index contributed by atoms with van der Waals surface area (Å²) in [6.07, 6.45) is 0. The second-order valence-corrected chi connectivity index (χ2v) is 9.77. The molecule has 2 aromatic rings. The van der Waals surface area contributed by atoms with Crippen molar-refractivity contribution in [2.45, 2.75) is 38.3 Å². The van der Waals surface area contributed by atoms with E-state index in [1.165, 1.54) is 36.2 Å². The maximum Gasteiger partial charge on any atom is 0.243 e. The van der Waals surface area contributed by atoms with E-state index in [9.17, 15) is 18.0 Å². The van der Waals surface area contributed by atoms with Gasteiger partial charge in [0, 0.05) is 25.2 Å². The molecule has 0 spiro atoms. The Morgan fingerprint density at radius 2 is 1.65 bits per heavy atom. The van der Waals surface area contributed by atoms with Gasteiger partial charge in [-0.15, -0.1) is 0 Å². The number of carbonyl (C=O) groups excluding carboxylic acids is 2. The van der Waals surface area contributed by atoms with Gasteiger partial charge < -0.3 is 10.2 Å². The third-order valence-electron chi connectivity index (χ3n) is 4.87. The lowest BCUT2D eigenvalue weighted by atomic mass is 10.1. The second-order valence-electron chi connectivity index (χ2n) is 7.29. The molecule has 1 N–H and O–H groups in total. The molecule has 2 amide bonds. The molecule has 0 saturated heterocycles. The predicted molar refractivity (Wildman–Crippen MR) is 121 cm³/mol. The third kappa shape index (κ3) is 6.53. The van der Waals surface area contributed by atoms with Gasteiger partial charge in [0.15, 0.2) is 0 Å². The van der Waals surface area contributed by atoms with Gasteiger partial charge >= 0.3 is 0 Å². The molecule has 0 saturated carbocycles. The molecule has 1 atom stereocenters. The molecule has 0 aromatic heterocycles. The van der Waals surface area contributed by atoms with Crippen LogP contribution in [0, 0.1) is 6.92 Å². The minimum absolute atomic E-state index is 0.0362. The van der Waals surface area contributed by atoms with Crippen LogP contribution in [-0.2, 0) is 26.2 Å². The van der Waals surface area contributed by atoms with Gasteiger partial charge in [-0.2, -0.15) is 4.31 Å². The number of nitrogens with zero attached hydrogens (tertiary/aromatic N) is 2. The number of likely N-dealkylation sites (N-methyl/N-ethyl adjacent to an activating group) is 2. The molecular formula is C22H28ClN3O4S. The summed E-state index contributed by atoms with van der Waals surface area (Å²) in [7, 11) is -2.56. The van der Waals surface area contributed by atoms with Crippen molar-refractivity contribution in [3.63, 3.8) is 0 Å². The van der Waals surface area contributed by atoms with Gasteiger partial charge in [0.1, 0.15) is 6.04 Å². The average molecular weight is 466 g/mol. The van der Waals surface area contributed by atoms with E-state index < -0.39 is 28.5 Å². The van der Waals surface area contributed by atoms with Crippen molar-refractivity contribution in [2.24, 2.45) is 0 Å². The highest BCUT2D eigenvalue weighted by Gasteiger charge is 2.30. The van der Waals surface area contributed by atoms with Gasteiger partial charge in [0.25, 0.3) is 0 Å². The molecule has 0 aliphatic heterocycles. The minimum Gasteiger partial charge on any atom is -0.355 e. The summed E-state index contributed by atoms with van der Waals surface area (Å²) in [4.78, 5) is 27.0. The Morgan fingerprint density at radius 1 is 1.06 bits per heavy atom. The van der Waals surface area contributed by atoms with E-state index in [1.807, 2.05) is 31.2 Å².